The summed E-state index contributed by atoms with van der Waals surface area (Å²) in [5.41, 5.74) is 0. The maximum absolute atomic E-state index is 12.1. The highest BCUT2D eigenvalue weighted by Crippen LogP contribution is 2.26. The summed E-state index contributed by atoms with van der Waals surface area (Å²) < 4.78 is 5.53. The van der Waals surface area contributed by atoms with E-state index in [0.29, 0.717) is 5.92 Å². The van der Waals surface area contributed by atoms with Crippen molar-refractivity contribution in [2.45, 2.75) is 6.42 Å². The highest BCUT2D eigenvalue weighted by atomic mass is 35.5. The SMILES string of the molecule is Cl.O=C(COc1ccccc1)N1CCC2CNCC2C1. The number of para-hydroxylation sites is 1. The zero-order valence-corrected chi connectivity index (χ0v) is 12.3. The van der Waals surface area contributed by atoms with Crippen molar-refractivity contribution in [1.82, 2.24) is 10.2 Å². The molecule has 1 amide bonds. The minimum absolute atomic E-state index is 0. The number of halogens is 1. The molecule has 0 radical (unpaired) electrons. The molecule has 0 saturated carbocycles. The number of rotatable bonds is 3. The van der Waals surface area contributed by atoms with Gasteiger partial charge in [0.1, 0.15) is 5.75 Å². The van der Waals surface area contributed by atoms with Crippen molar-refractivity contribution in [3.05, 3.63) is 30.3 Å². The predicted octanol–water partition coefficient (Wildman–Crippen LogP) is 1.56. The van der Waals surface area contributed by atoms with Crippen LogP contribution in [0.3, 0.4) is 0 Å². The normalized spacial score (nSPS) is 24.7. The Hall–Kier alpha value is -1.26. The number of amides is 1. The third-order valence-electron chi connectivity index (χ3n) is 4.16. The number of hydrogen-bond donors (Lipinski definition) is 1. The van der Waals surface area contributed by atoms with Crippen LogP contribution in [0.25, 0.3) is 0 Å². The molecule has 1 N–H and O–H groups in total. The zero-order chi connectivity index (χ0) is 13.1. The van der Waals surface area contributed by atoms with Crippen molar-refractivity contribution >= 4 is 18.3 Å². The molecule has 110 valence electrons. The molecule has 1 aromatic rings. The molecule has 2 aliphatic rings. The molecule has 0 spiro atoms. The van der Waals surface area contributed by atoms with Crippen LogP contribution < -0.4 is 10.1 Å². The molecule has 2 heterocycles. The van der Waals surface area contributed by atoms with E-state index >= 15 is 0 Å². The van der Waals surface area contributed by atoms with Gasteiger partial charge in [-0.25, -0.2) is 0 Å². The molecule has 1 aromatic carbocycles. The van der Waals surface area contributed by atoms with Crippen LogP contribution >= 0.6 is 12.4 Å². The van der Waals surface area contributed by atoms with Crippen LogP contribution in [0, 0.1) is 11.8 Å². The van der Waals surface area contributed by atoms with Crippen molar-refractivity contribution in [2.24, 2.45) is 11.8 Å². The lowest BCUT2D eigenvalue weighted by atomic mass is 9.89. The lowest BCUT2D eigenvalue weighted by Gasteiger charge is -2.34. The van der Waals surface area contributed by atoms with Crippen LogP contribution in [0.5, 0.6) is 5.75 Å². The largest absolute Gasteiger partial charge is 0.484 e. The van der Waals surface area contributed by atoms with Crippen molar-refractivity contribution in [3.63, 3.8) is 0 Å². The van der Waals surface area contributed by atoms with E-state index in [1.165, 1.54) is 0 Å². The summed E-state index contributed by atoms with van der Waals surface area (Å²) in [7, 11) is 0. The molecule has 0 aromatic heterocycles. The number of hydrogen-bond acceptors (Lipinski definition) is 3. The first-order valence-corrected chi connectivity index (χ1v) is 6.99. The summed E-state index contributed by atoms with van der Waals surface area (Å²) in [5, 5.41) is 3.41. The quantitative estimate of drug-likeness (QED) is 0.920. The van der Waals surface area contributed by atoms with Gasteiger partial charge in [-0.1, -0.05) is 18.2 Å². The highest BCUT2D eigenvalue weighted by molar-refractivity contribution is 5.85. The van der Waals surface area contributed by atoms with E-state index < -0.39 is 0 Å². The number of benzene rings is 1. The fourth-order valence-corrected chi connectivity index (χ4v) is 3.01. The van der Waals surface area contributed by atoms with Gasteiger partial charge in [-0.3, -0.25) is 4.79 Å². The first-order valence-electron chi connectivity index (χ1n) is 6.99. The van der Waals surface area contributed by atoms with E-state index in [9.17, 15) is 4.79 Å². The van der Waals surface area contributed by atoms with E-state index in [2.05, 4.69) is 5.32 Å². The first-order chi connectivity index (χ1) is 9.33. The number of carbonyl (C=O) groups is 1. The van der Waals surface area contributed by atoms with Gasteiger partial charge in [0.15, 0.2) is 6.61 Å². The maximum atomic E-state index is 12.1. The number of ether oxygens (including phenoxy) is 1. The third-order valence-corrected chi connectivity index (χ3v) is 4.16. The fourth-order valence-electron chi connectivity index (χ4n) is 3.01. The molecule has 2 aliphatic heterocycles. The molecule has 4 nitrogen and oxygen atoms in total. The van der Waals surface area contributed by atoms with Gasteiger partial charge >= 0.3 is 0 Å². The van der Waals surface area contributed by atoms with Gasteiger partial charge in [0.05, 0.1) is 0 Å². The Morgan fingerprint density at radius 3 is 2.80 bits per heavy atom. The van der Waals surface area contributed by atoms with Crippen LogP contribution in [0.15, 0.2) is 30.3 Å². The van der Waals surface area contributed by atoms with Gasteiger partial charge in [-0.15, -0.1) is 12.4 Å². The van der Waals surface area contributed by atoms with Crippen molar-refractivity contribution in [1.29, 1.82) is 0 Å². The lowest BCUT2D eigenvalue weighted by molar-refractivity contribution is -0.135. The smallest absolute Gasteiger partial charge is 0.260 e. The van der Waals surface area contributed by atoms with Crippen LogP contribution in [-0.4, -0.2) is 43.6 Å². The van der Waals surface area contributed by atoms with Crippen LogP contribution in [0.4, 0.5) is 0 Å². The monoisotopic (exact) mass is 296 g/mol. The van der Waals surface area contributed by atoms with Crippen molar-refractivity contribution in [2.75, 3.05) is 32.8 Å². The average molecular weight is 297 g/mol. The van der Waals surface area contributed by atoms with Gasteiger partial charge in [0, 0.05) is 13.1 Å². The van der Waals surface area contributed by atoms with Gasteiger partial charge in [-0.05, 0) is 43.5 Å². The molecule has 2 unspecified atom stereocenters. The van der Waals surface area contributed by atoms with Gasteiger partial charge in [0.2, 0.25) is 0 Å². The summed E-state index contributed by atoms with van der Waals surface area (Å²) in [6.07, 6.45) is 1.12. The molecule has 2 saturated heterocycles. The Kier molecular flexibility index (Phi) is 5.26. The third kappa shape index (κ3) is 3.44. The highest BCUT2D eigenvalue weighted by Gasteiger charge is 2.34. The number of carbonyl (C=O) groups excluding carboxylic acids is 1. The molecule has 0 bridgehead atoms. The van der Waals surface area contributed by atoms with Crippen molar-refractivity contribution in [3.8, 4) is 5.75 Å². The molecule has 2 fully saturated rings. The lowest BCUT2D eigenvalue weighted by Crippen LogP contribution is -2.45. The summed E-state index contributed by atoms with van der Waals surface area (Å²) in [4.78, 5) is 14.1. The molecular weight excluding hydrogens is 276 g/mol. The van der Waals surface area contributed by atoms with E-state index in [4.69, 9.17) is 4.74 Å². The summed E-state index contributed by atoms with van der Waals surface area (Å²) in [6, 6.07) is 9.51. The Balaban J connectivity index is 0.00000147. The molecule has 0 aliphatic carbocycles. The second-order valence-electron chi connectivity index (χ2n) is 5.41. The van der Waals surface area contributed by atoms with E-state index in [1.807, 2.05) is 35.2 Å². The summed E-state index contributed by atoms with van der Waals surface area (Å²) >= 11 is 0. The second-order valence-corrected chi connectivity index (χ2v) is 5.41. The molecule has 2 atom stereocenters. The Morgan fingerprint density at radius 2 is 2.00 bits per heavy atom. The van der Waals surface area contributed by atoms with Crippen molar-refractivity contribution < 1.29 is 9.53 Å². The maximum Gasteiger partial charge on any atom is 0.260 e. The minimum Gasteiger partial charge on any atom is -0.484 e. The predicted molar refractivity (Wildman–Crippen MR) is 80.2 cm³/mol. The molecular formula is C15H21ClN2O2. The fraction of sp³-hybridized carbons (Fsp3) is 0.533. The molecule has 3 rings (SSSR count). The van der Waals surface area contributed by atoms with E-state index in [-0.39, 0.29) is 24.9 Å². The summed E-state index contributed by atoms with van der Waals surface area (Å²) in [6.45, 7) is 4.07. The Morgan fingerprint density at radius 1 is 1.25 bits per heavy atom. The van der Waals surface area contributed by atoms with Crippen LogP contribution in [0.1, 0.15) is 6.42 Å². The molecule has 5 heteroatoms. The summed E-state index contributed by atoms with van der Waals surface area (Å²) in [5.74, 6) is 2.26. The number of nitrogens with zero attached hydrogens (tertiary/aromatic N) is 1. The molecule has 20 heavy (non-hydrogen) atoms. The van der Waals surface area contributed by atoms with E-state index in [1.54, 1.807) is 0 Å². The first kappa shape index (κ1) is 15.1. The number of likely N-dealkylation sites (tertiary alicyclic amines) is 1. The Labute approximate surface area is 125 Å². The minimum atomic E-state index is 0. The zero-order valence-electron chi connectivity index (χ0n) is 11.5. The van der Waals surface area contributed by atoms with Crippen LogP contribution in [0.2, 0.25) is 0 Å². The van der Waals surface area contributed by atoms with Gasteiger partial charge in [-0.2, -0.15) is 0 Å². The van der Waals surface area contributed by atoms with E-state index in [0.717, 1.165) is 44.3 Å². The number of fused-ring (bicyclic) bond motifs is 1. The Bertz CT molecular complexity index is 441. The topological polar surface area (TPSA) is 41.6 Å². The second kappa shape index (κ2) is 6.95. The number of nitrogens with one attached hydrogen (secondary N) is 1. The van der Waals surface area contributed by atoms with Crippen LogP contribution in [-0.2, 0) is 4.79 Å². The average Bonchev–Trinajstić information content (AvgIpc) is 2.93. The van der Waals surface area contributed by atoms with Gasteiger partial charge in [0.25, 0.3) is 5.91 Å². The standard InChI is InChI=1S/C15H20N2O2.ClH/c18-15(11-19-14-4-2-1-3-5-14)17-7-6-12-8-16-9-13(12)10-17;/h1-5,12-13,16H,6-11H2;1H. The number of piperidine rings is 1. The van der Waals surface area contributed by atoms with Gasteiger partial charge < -0.3 is 15.0 Å².